The number of ether oxygens (including phenoxy) is 5. The predicted octanol–water partition coefficient (Wildman–Crippen LogP) is 3.94. The summed E-state index contributed by atoms with van der Waals surface area (Å²) in [4.78, 5) is 37.9. The highest BCUT2D eigenvalue weighted by Gasteiger charge is 2.24. The van der Waals surface area contributed by atoms with Crippen LogP contribution < -0.4 is 19.5 Å². The molecule has 186 valence electrons. The van der Waals surface area contributed by atoms with Crippen LogP contribution in [0.2, 0.25) is 0 Å². The number of thiophene rings is 1. The molecule has 1 aromatic heterocycles. The van der Waals surface area contributed by atoms with E-state index in [1.807, 2.05) is 13.8 Å². The summed E-state index contributed by atoms with van der Waals surface area (Å²) in [6, 6.07) is 3.51. The molecule has 0 aliphatic carbocycles. The van der Waals surface area contributed by atoms with Crippen LogP contribution in [0.25, 0.3) is 0 Å². The normalized spacial score (nSPS) is 10.4. The molecule has 0 radical (unpaired) electrons. The Morgan fingerprint density at radius 1 is 0.971 bits per heavy atom. The van der Waals surface area contributed by atoms with Gasteiger partial charge in [-0.1, -0.05) is 6.92 Å². The van der Waals surface area contributed by atoms with E-state index in [1.54, 1.807) is 19.1 Å². The number of amides is 1. The zero-order valence-corrected chi connectivity index (χ0v) is 21.2. The lowest BCUT2D eigenvalue weighted by Gasteiger charge is -2.14. The second-order valence-corrected chi connectivity index (χ2v) is 8.38. The average Bonchev–Trinajstić information content (AvgIpc) is 3.14. The fourth-order valence-electron chi connectivity index (χ4n) is 3.42. The van der Waals surface area contributed by atoms with E-state index in [-0.39, 0.29) is 13.0 Å². The molecule has 0 aliphatic rings. The average molecular weight is 494 g/mol. The standard InChI is InChI=1S/C24H31NO8S/c1-7-16-14(3)34-23(21(16)24(28)32-8-2)25-19(26)13-33-20(27)10-9-15-11-17(29-4)22(31-6)18(12-15)30-5/h11-12H,7-10,13H2,1-6H3,(H,25,26). The molecular weight excluding hydrogens is 462 g/mol. The molecule has 0 saturated carbocycles. The van der Waals surface area contributed by atoms with Crippen LogP contribution in [0.3, 0.4) is 0 Å². The van der Waals surface area contributed by atoms with Crippen molar-refractivity contribution in [3.05, 3.63) is 33.7 Å². The van der Waals surface area contributed by atoms with Gasteiger partial charge in [0, 0.05) is 11.3 Å². The second kappa shape index (κ2) is 12.8. The molecule has 1 heterocycles. The lowest BCUT2D eigenvalue weighted by Crippen LogP contribution is -2.22. The van der Waals surface area contributed by atoms with E-state index in [1.165, 1.54) is 32.7 Å². The van der Waals surface area contributed by atoms with E-state index in [0.717, 1.165) is 16.0 Å². The smallest absolute Gasteiger partial charge is 0.341 e. The predicted molar refractivity (Wildman–Crippen MR) is 128 cm³/mol. The summed E-state index contributed by atoms with van der Waals surface area (Å²) in [7, 11) is 4.54. The molecule has 0 saturated heterocycles. The Kier molecular flexibility index (Phi) is 10.2. The van der Waals surface area contributed by atoms with Crippen molar-refractivity contribution in [2.75, 3.05) is 39.9 Å². The minimum atomic E-state index is -0.536. The highest BCUT2D eigenvalue weighted by molar-refractivity contribution is 7.16. The summed E-state index contributed by atoms with van der Waals surface area (Å²) in [5.74, 6) is -0.118. The number of carbonyl (C=O) groups is 3. The molecule has 2 aromatic rings. The van der Waals surface area contributed by atoms with Gasteiger partial charge in [0.1, 0.15) is 5.00 Å². The Bertz CT molecular complexity index is 1010. The third-order valence-electron chi connectivity index (χ3n) is 5.00. The van der Waals surface area contributed by atoms with Gasteiger partial charge in [-0.15, -0.1) is 11.3 Å². The third-order valence-corrected chi connectivity index (χ3v) is 6.06. The van der Waals surface area contributed by atoms with Crippen molar-refractivity contribution in [2.45, 2.75) is 40.0 Å². The summed E-state index contributed by atoms with van der Waals surface area (Å²) in [6.07, 6.45) is 1.04. The van der Waals surface area contributed by atoms with Gasteiger partial charge in [-0.2, -0.15) is 0 Å². The fraction of sp³-hybridized carbons (Fsp3) is 0.458. The SMILES string of the molecule is CCOC(=O)c1c(NC(=O)COC(=O)CCc2cc(OC)c(OC)c(OC)c2)sc(C)c1CC. The zero-order chi connectivity index (χ0) is 25.3. The highest BCUT2D eigenvalue weighted by atomic mass is 32.1. The van der Waals surface area contributed by atoms with Crippen molar-refractivity contribution >= 4 is 34.2 Å². The van der Waals surface area contributed by atoms with Gasteiger partial charge in [0.05, 0.1) is 33.5 Å². The lowest BCUT2D eigenvalue weighted by molar-refractivity contribution is -0.147. The third kappa shape index (κ3) is 6.63. The molecule has 0 aliphatic heterocycles. The molecular formula is C24H31NO8S. The summed E-state index contributed by atoms with van der Waals surface area (Å²) in [5.41, 5.74) is 1.98. The van der Waals surface area contributed by atoms with Crippen LogP contribution in [0.4, 0.5) is 5.00 Å². The summed E-state index contributed by atoms with van der Waals surface area (Å²) >= 11 is 1.29. The number of esters is 2. The zero-order valence-electron chi connectivity index (χ0n) is 20.4. The monoisotopic (exact) mass is 493 g/mol. The van der Waals surface area contributed by atoms with E-state index in [9.17, 15) is 14.4 Å². The Morgan fingerprint density at radius 2 is 1.62 bits per heavy atom. The first-order valence-corrected chi connectivity index (χ1v) is 11.6. The number of nitrogens with one attached hydrogen (secondary N) is 1. The topological polar surface area (TPSA) is 109 Å². The highest BCUT2D eigenvalue weighted by Crippen LogP contribution is 2.38. The van der Waals surface area contributed by atoms with Gasteiger partial charge in [-0.3, -0.25) is 9.59 Å². The summed E-state index contributed by atoms with van der Waals surface area (Å²) in [6.45, 7) is 5.30. The summed E-state index contributed by atoms with van der Waals surface area (Å²) in [5, 5.41) is 3.07. The van der Waals surface area contributed by atoms with Crippen LogP contribution in [0, 0.1) is 6.92 Å². The van der Waals surface area contributed by atoms with Gasteiger partial charge in [0.25, 0.3) is 5.91 Å². The Balaban J connectivity index is 1.97. The largest absolute Gasteiger partial charge is 0.493 e. The van der Waals surface area contributed by atoms with Gasteiger partial charge in [0.2, 0.25) is 5.75 Å². The number of methoxy groups -OCH3 is 3. The van der Waals surface area contributed by atoms with Crippen LogP contribution in [0.15, 0.2) is 12.1 Å². The first kappa shape index (κ1) is 27.0. The molecule has 1 aromatic carbocycles. The maximum atomic E-state index is 12.4. The van der Waals surface area contributed by atoms with Crippen molar-refractivity contribution in [3.8, 4) is 17.2 Å². The van der Waals surface area contributed by atoms with E-state index in [2.05, 4.69) is 5.32 Å². The van der Waals surface area contributed by atoms with Gasteiger partial charge in [-0.25, -0.2) is 4.79 Å². The quantitative estimate of drug-likeness (QED) is 0.443. The molecule has 0 fully saturated rings. The molecule has 0 spiro atoms. The van der Waals surface area contributed by atoms with Crippen molar-refractivity contribution < 1.29 is 38.1 Å². The number of rotatable bonds is 12. The van der Waals surface area contributed by atoms with Crippen LogP contribution in [0.1, 0.15) is 46.6 Å². The van der Waals surface area contributed by atoms with Gasteiger partial charge >= 0.3 is 11.9 Å². The van der Waals surface area contributed by atoms with Crippen LogP contribution in [0.5, 0.6) is 17.2 Å². The maximum Gasteiger partial charge on any atom is 0.341 e. The van der Waals surface area contributed by atoms with E-state index < -0.39 is 24.5 Å². The first-order chi connectivity index (χ1) is 16.3. The lowest BCUT2D eigenvalue weighted by atomic mass is 10.1. The summed E-state index contributed by atoms with van der Waals surface area (Å²) < 4.78 is 26.2. The molecule has 10 heteroatoms. The molecule has 0 bridgehead atoms. The molecule has 1 amide bonds. The minimum Gasteiger partial charge on any atom is -0.493 e. The van der Waals surface area contributed by atoms with E-state index in [4.69, 9.17) is 23.7 Å². The van der Waals surface area contributed by atoms with E-state index in [0.29, 0.717) is 40.7 Å². The second-order valence-electron chi connectivity index (χ2n) is 7.16. The Hall–Kier alpha value is -3.27. The Labute approximate surface area is 203 Å². The molecule has 1 N–H and O–H groups in total. The van der Waals surface area contributed by atoms with Crippen molar-refractivity contribution in [3.63, 3.8) is 0 Å². The van der Waals surface area contributed by atoms with Gasteiger partial charge in [-0.05, 0) is 49.9 Å². The van der Waals surface area contributed by atoms with Crippen LogP contribution in [-0.4, -0.2) is 52.4 Å². The van der Waals surface area contributed by atoms with Crippen LogP contribution in [-0.2, 0) is 31.9 Å². The number of hydrogen-bond donors (Lipinski definition) is 1. The molecule has 2 rings (SSSR count). The molecule has 0 atom stereocenters. The number of anilines is 1. The van der Waals surface area contributed by atoms with Crippen molar-refractivity contribution in [1.29, 1.82) is 0 Å². The number of carbonyl (C=O) groups excluding carboxylic acids is 3. The fourth-order valence-corrected chi connectivity index (χ4v) is 4.57. The molecule has 34 heavy (non-hydrogen) atoms. The maximum absolute atomic E-state index is 12.4. The Morgan fingerprint density at radius 3 is 2.15 bits per heavy atom. The number of benzene rings is 1. The number of aryl methyl sites for hydroxylation is 2. The molecule has 9 nitrogen and oxygen atoms in total. The first-order valence-electron chi connectivity index (χ1n) is 10.8. The van der Waals surface area contributed by atoms with Crippen LogP contribution >= 0.6 is 11.3 Å². The van der Waals surface area contributed by atoms with Gasteiger partial charge in [0.15, 0.2) is 18.1 Å². The molecule has 0 unspecified atom stereocenters. The van der Waals surface area contributed by atoms with E-state index >= 15 is 0 Å². The van der Waals surface area contributed by atoms with Crippen molar-refractivity contribution in [1.82, 2.24) is 0 Å². The van der Waals surface area contributed by atoms with Crippen molar-refractivity contribution in [2.24, 2.45) is 0 Å². The minimum absolute atomic E-state index is 0.0537. The van der Waals surface area contributed by atoms with Gasteiger partial charge < -0.3 is 29.0 Å². The number of hydrogen-bond acceptors (Lipinski definition) is 9.